The molecule has 33 heavy (non-hydrogen) atoms. The summed E-state index contributed by atoms with van der Waals surface area (Å²) in [4.78, 5) is 29.1. The molecule has 4 rings (SSSR count). The number of halogens is 1. The van der Waals surface area contributed by atoms with Crippen LogP contribution in [0.3, 0.4) is 0 Å². The van der Waals surface area contributed by atoms with Gasteiger partial charge >= 0.3 is 11.9 Å². The fraction of sp³-hybridized carbons (Fsp3) is 0.0800. The number of methoxy groups -OCH3 is 2. The van der Waals surface area contributed by atoms with Gasteiger partial charge in [-0.2, -0.15) is 0 Å². The number of hydrogen-bond donors (Lipinski definition) is 0. The number of esters is 2. The van der Waals surface area contributed by atoms with Crippen LogP contribution in [-0.2, 0) is 9.53 Å². The first-order chi connectivity index (χ1) is 16.0. The van der Waals surface area contributed by atoms with Crippen molar-refractivity contribution >= 4 is 35.5 Å². The molecule has 1 aliphatic heterocycles. The summed E-state index contributed by atoms with van der Waals surface area (Å²) in [6.45, 7) is 0. The molecule has 0 saturated carbocycles. The number of hydrogen-bond acceptors (Lipinski definition) is 7. The molecule has 0 aromatic heterocycles. The highest BCUT2D eigenvalue weighted by Crippen LogP contribution is 2.31. The molecule has 166 valence electrons. The second-order valence-corrected chi connectivity index (χ2v) is 7.28. The van der Waals surface area contributed by atoms with E-state index in [0.29, 0.717) is 27.6 Å². The summed E-state index contributed by atoms with van der Waals surface area (Å²) in [5.74, 6) is -0.0519. The zero-order chi connectivity index (χ0) is 23.4. The number of aliphatic imine (C=N–C) groups is 1. The van der Waals surface area contributed by atoms with E-state index in [2.05, 4.69) is 4.99 Å². The number of rotatable bonds is 6. The minimum atomic E-state index is -0.589. The Morgan fingerprint density at radius 1 is 0.939 bits per heavy atom. The molecule has 0 fully saturated rings. The number of ether oxygens (including phenoxy) is 4. The average molecular weight is 464 g/mol. The molecule has 1 aliphatic rings. The lowest BCUT2D eigenvalue weighted by Crippen LogP contribution is -2.10. The van der Waals surface area contributed by atoms with E-state index in [0.717, 1.165) is 0 Å². The monoisotopic (exact) mass is 463 g/mol. The van der Waals surface area contributed by atoms with Crippen LogP contribution in [0.4, 0.5) is 0 Å². The van der Waals surface area contributed by atoms with Crippen molar-refractivity contribution < 1.29 is 28.5 Å². The van der Waals surface area contributed by atoms with E-state index < -0.39 is 11.9 Å². The van der Waals surface area contributed by atoms with Gasteiger partial charge in [-0.3, -0.25) is 0 Å². The van der Waals surface area contributed by atoms with Crippen LogP contribution in [0.25, 0.3) is 6.08 Å². The van der Waals surface area contributed by atoms with Crippen LogP contribution in [0.2, 0.25) is 5.02 Å². The lowest BCUT2D eigenvalue weighted by molar-refractivity contribution is -0.129. The minimum Gasteiger partial charge on any atom is -0.496 e. The van der Waals surface area contributed by atoms with Crippen LogP contribution in [0, 0.1) is 0 Å². The number of cyclic esters (lactones) is 1. The first kappa shape index (κ1) is 22.1. The van der Waals surface area contributed by atoms with Crippen LogP contribution in [0.15, 0.2) is 77.4 Å². The molecule has 0 atom stereocenters. The fourth-order valence-corrected chi connectivity index (χ4v) is 3.24. The Morgan fingerprint density at radius 3 is 2.39 bits per heavy atom. The first-order valence-electron chi connectivity index (χ1n) is 9.80. The number of benzene rings is 3. The van der Waals surface area contributed by atoms with Crippen LogP contribution >= 0.6 is 11.6 Å². The molecule has 0 radical (unpaired) electrons. The fourth-order valence-electron chi connectivity index (χ4n) is 3.11. The van der Waals surface area contributed by atoms with Gasteiger partial charge in [0, 0.05) is 10.6 Å². The van der Waals surface area contributed by atoms with Gasteiger partial charge in [0.2, 0.25) is 5.90 Å². The van der Waals surface area contributed by atoms with Crippen molar-refractivity contribution in [3.05, 3.63) is 94.1 Å². The zero-order valence-electron chi connectivity index (χ0n) is 17.7. The number of nitrogens with zero attached hydrogens (tertiary/aromatic N) is 1. The van der Waals surface area contributed by atoms with Crippen molar-refractivity contribution in [2.45, 2.75) is 0 Å². The molecule has 0 spiro atoms. The summed E-state index contributed by atoms with van der Waals surface area (Å²) in [5, 5.41) is 0.568. The summed E-state index contributed by atoms with van der Waals surface area (Å²) in [7, 11) is 2.93. The Morgan fingerprint density at radius 2 is 1.67 bits per heavy atom. The average Bonchev–Trinajstić information content (AvgIpc) is 3.20. The maximum Gasteiger partial charge on any atom is 0.363 e. The van der Waals surface area contributed by atoms with Crippen molar-refractivity contribution in [1.29, 1.82) is 0 Å². The van der Waals surface area contributed by atoms with Crippen molar-refractivity contribution in [3.8, 4) is 17.2 Å². The molecule has 7 nitrogen and oxygen atoms in total. The van der Waals surface area contributed by atoms with Gasteiger partial charge in [0.05, 0.1) is 14.2 Å². The Bertz CT molecular complexity index is 1280. The second kappa shape index (κ2) is 9.58. The van der Waals surface area contributed by atoms with E-state index in [1.54, 1.807) is 72.8 Å². The Hall–Kier alpha value is -4.10. The van der Waals surface area contributed by atoms with E-state index >= 15 is 0 Å². The van der Waals surface area contributed by atoms with E-state index in [9.17, 15) is 9.59 Å². The molecule has 0 amide bonds. The highest BCUT2D eigenvalue weighted by molar-refractivity contribution is 6.30. The summed E-state index contributed by atoms with van der Waals surface area (Å²) in [6, 6.07) is 18.4. The van der Waals surface area contributed by atoms with Crippen molar-refractivity contribution in [2.24, 2.45) is 4.99 Å². The predicted octanol–water partition coefficient (Wildman–Crippen LogP) is 4.92. The van der Waals surface area contributed by atoms with Gasteiger partial charge in [-0.25, -0.2) is 14.6 Å². The maximum atomic E-state index is 12.6. The molecule has 0 saturated heterocycles. The quantitative estimate of drug-likeness (QED) is 0.293. The van der Waals surface area contributed by atoms with Crippen LogP contribution in [-0.4, -0.2) is 32.1 Å². The lowest BCUT2D eigenvalue weighted by Gasteiger charge is -2.11. The summed E-state index contributed by atoms with van der Waals surface area (Å²) in [5.41, 5.74) is 1.65. The molecule has 0 aliphatic carbocycles. The van der Waals surface area contributed by atoms with E-state index in [-0.39, 0.29) is 22.9 Å². The molecule has 8 heteroatoms. The van der Waals surface area contributed by atoms with Gasteiger partial charge < -0.3 is 18.9 Å². The van der Waals surface area contributed by atoms with E-state index in [1.807, 2.05) is 0 Å². The SMILES string of the molecule is COc1cc(/C=C2/N=C(c3ccc(Cl)cc3)OC2=O)ccc1OC(=O)c1ccccc1OC. The molecule has 3 aromatic carbocycles. The largest absolute Gasteiger partial charge is 0.496 e. The lowest BCUT2D eigenvalue weighted by atomic mass is 10.1. The van der Waals surface area contributed by atoms with Gasteiger partial charge in [0.25, 0.3) is 0 Å². The van der Waals surface area contributed by atoms with Gasteiger partial charge in [-0.15, -0.1) is 0 Å². The number of para-hydroxylation sites is 1. The maximum absolute atomic E-state index is 12.6. The molecular weight excluding hydrogens is 446 g/mol. The summed E-state index contributed by atoms with van der Waals surface area (Å²) < 4.78 is 21.3. The first-order valence-corrected chi connectivity index (χ1v) is 10.2. The van der Waals surface area contributed by atoms with Crippen molar-refractivity contribution in [3.63, 3.8) is 0 Å². The molecule has 1 heterocycles. The third-order valence-electron chi connectivity index (χ3n) is 4.73. The topological polar surface area (TPSA) is 83.4 Å². The molecule has 0 unspecified atom stereocenters. The Labute approximate surface area is 194 Å². The summed E-state index contributed by atoms with van der Waals surface area (Å²) in [6.07, 6.45) is 1.56. The number of carbonyl (C=O) groups is 2. The molecule has 0 N–H and O–H groups in total. The zero-order valence-corrected chi connectivity index (χ0v) is 18.5. The van der Waals surface area contributed by atoms with E-state index in [4.69, 9.17) is 30.5 Å². The van der Waals surface area contributed by atoms with Gasteiger partial charge in [0.15, 0.2) is 17.2 Å². The van der Waals surface area contributed by atoms with E-state index in [1.165, 1.54) is 14.2 Å². The van der Waals surface area contributed by atoms with Crippen LogP contribution in [0.5, 0.6) is 17.2 Å². The normalized spacial score (nSPS) is 14.0. The molecular formula is C25H18ClNO6. The molecule has 0 bridgehead atoms. The van der Waals surface area contributed by atoms with Gasteiger partial charge in [-0.05, 0) is 60.2 Å². The van der Waals surface area contributed by atoms with Crippen LogP contribution < -0.4 is 14.2 Å². The predicted molar refractivity (Wildman–Crippen MR) is 123 cm³/mol. The minimum absolute atomic E-state index is 0.126. The highest BCUT2D eigenvalue weighted by Gasteiger charge is 2.24. The number of carbonyl (C=O) groups excluding carboxylic acids is 2. The Kier molecular flexibility index (Phi) is 6.42. The third-order valence-corrected chi connectivity index (χ3v) is 4.98. The standard InChI is InChI=1S/C25H18ClNO6/c1-30-20-6-4-3-5-18(20)24(28)32-21-12-7-15(14-22(21)31-2)13-19-25(29)33-23(27-19)16-8-10-17(26)11-9-16/h3-14H,1-2H3/b19-13+. The second-order valence-electron chi connectivity index (χ2n) is 6.84. The summed E-state index contributed by atoms with van der Waals surface area (Å²) >= 11 is 5.90. The van der Waals surface area contributed by atoms with Crippen LogP contribution in [0.1, 0.15) is 21.5 Å². The van der Waals surface area contributed by atoms with Gasteiger partial charge in [-0.1, -0.05) is 29.8 Å². The van der Waals surface area contributed by atoms with Crippen molar-refractivity contribution in [1.82, 2.24) is 0 Å². The third kappa shape index (κ3) is 4.88. The molecule has 3 aromatic rings. The van der Waals surface area contributed by atoms with Gasteiger partial charge in [0.1, 0.15) is 11.3 Å². The smallest absolute Gasteiger partial charge is 0.363 e. The van der Waals surface area contributed by atoms with Crippen molar-refractivity contribution in [2.75, 3.05) is 14.2 Å². The Balaban J connectivity index is 1.58. The highest BCUT2D eigenvalue weighted by atomic mass is 35.5.